The summed E-state index contributed by atoms with van der Waals surface area (Å²) in [6, 6.07) is 8.48. The maximum Gasteiger partial charge on any atom is 0.227 e. The van der Waals surface area contributed by atoms with Gasteiger partial charge in [0.1, 0.15) is 0 Å². The molecule has 1 heterocycles. The van der Waals surface area contributed by atoms with Crippen molar-refractivity contribution in [1.82, 2.24) is 10.2 Å². The monoisotopic (exact) mass is 274 g/mol. The Labute approximate surface area is 122 Å². The van der Waals surface area contributed by atoms with E-state index in [1.165, 1.54) is 11.1 Å². The van der Waals surface area contributed by atoms with Crippen molar-refractivity contribution < 1.29 is 4.79 Å². The molecule has 1 aromatic rings. The van der Waals surface area contributed by atoms with E-state index in [4.69, 9.17) is 0 Å². The molecule has 0 unspecified atom stereocenters. The standard InChI is InChI=1S/C17H26N2O/c1-4-9-19(12-15-7-5-13(2)6-8-15)17(20)16-11-18-10-14(16)3/h5-8,14,16,18H,4,9-12H2,1-3H3/t14-,16-/m1/s1. The average molecular weight is 274 g/mol. The van der Waals surface area contributed by atoms with Gasteiger partial charge in [0, 0.05) is 19.6 Å². The second-order valence-electron chi connectivity index (χ2n) is 5.99. The van der Waals surface area contributed by atoms with Crippen LogP contribution in [-0.2, 0) is 11.3 Å². The van der Waals surface area contributed by atoms with Gasteiger partial charge in [-0.25, -0.2) is 0 Å². The first-order chi connectivity index (χ1) is 9.61. The van der Waals surface area contributed by atoms with E-state index >= 15 is 0 Å². The lowest BCUT2D eigenvalue weighted by atomic mass is 9.96. The predicted molar refractivity (Wildman–Crippen MR) is 82.4 cm³/mol. The van der Waals surface area contributed by atoms with Crippen LogP contribution in [0, 0.1) is 18.8 Å². The molecule has 1 amide bonds. The summed E-state index contributed by atoms with van der Waals surface area (Å²) in [6.07, 6.45) is 1.01. The van der Waals surface area contributed by atoms with E-state index < -0.39 is 0 Å². The van der Waals surface area contributed by atoms with Crippen molar-refractivity contribution in [2.24, 2.45) is 11.8 Å². The number of carbonyl (C=O) groups is 1. The summed E-state index contributed by atoms with van der Waals surface area (Å²) in [6.45, 7) is 9.75. The zero-order valence-electron chi connectivity index (χ0n) is 12.9. The van der Waals surface area contributed by atoms with Gasteiger partial charge < -0.3 is 10.2 Å². The van der Waals surface area contributed by atoms with E-state index in [9.17, 15) is 4.79 Å². The minimum atomic E-state index is 0.145. The van der Waals surface area contributed by atoms with Crippen LogP contribution in [0.3, 0.4) is 0 Å². The second kappa shape index (κ2) is 6.89. The summed E-state index contributed by atoms with van der Waals surface area (Å²) in [7, 11) is 0. The van der Waals surface area contributed by atoms with Gasteiger partial charge in [-0.2, -0.15) is 0 Å². The number of amides is 1. The largest absolute Gasteiger partial charge is 0.338 e. The van der Waals surface area contributed by atoms with Crippen LogP contribution in [0.5, 0.6) is 0 Å². The molecule has 0 aliphatic carbocycles. The zero-order chi connectivity index (χ0) is 14.5. The molecule has 0 bridgehead atoms. The number of aryl methyl sites for hydroxylation is 1. The molecule has 1 saturated heterocycles. The predicted octanol–water partition coefficient (Wildman–Crippen LogP) is 2.59. The Morgan fingerprint density at radius 3 is 2.55 bits per heavy atom. The zero-order valence-corrected chi connectivity index (χ0v) is 12.9. The second-order valence-corrected chi connectivity index (χ2v) is 5.99. The summed E-state index contributed by atoms with van der Waals surface area (Å²) >= 11 is 0. The number of nitrogens with one attached hydrogen (secondary N) is 1. The molecule has 1 N–H and O–H groups in total. The van der Waals surface area contributed by atoms with E-state index in [0.29, 0.717) is 11.8 Å². The first kappa shape index (κ1) is 15.0. The van der Waals surface area contributed by atoms with Gasteiger partial charge in [0.25, 0.3) is 0 Å². The summed E-state index contributed by atoms with van der Waals surface area (Å²) < 4.78 is 0. The molecule has 1 aliphatic heterocycles. The van der Waals surface area contributed by atoms with Crippen molar-refractivity contribution >= 4 is 5.91 Å². The Balaban J connectivity index is 2.06. The van der Waals surface area contributed by atoms with Gasteiger partial charge in [0.15, 0.2) is 0 Å². The Bertz CT molecular complexity index is 441. The highest BCUT2D eigenvalue weighted by atomic mass is 16.2. The molecule has 3 heteroatoms. The van der Waals surface area contributed by atoms with Crippen LogP contribution >= 0.6 is 0 Å². The minimum absolute atomic E-state index is 0.145. The van der Waals surface area contributed by atoms with Gasteiger partial charge in [-0.15, -0.1) is 0 Å². The fourth-order valence-corrected chi connectivity index (χ4v) is 2.83. The third kappa shape index (κ3) is 3.60. The van der Waals surface area contributed by atoms with Crippen LogP contribution in [0.25, 0.3) is 0 Å². The van der Waals surface area contributed by atoms with Gasteiger partial charge in [-0.05, 0) is 31.4 Å². The molecule has 2 atom stereocenters. The lowest BCUT2D eigenvalue weighted by Gasteiger charge is -2.27. The third-order valence-corrected chi connectivity index (χ3v) is 4.13. The van der Waals surface area contributed by atoms with E-state index in [1.54, 1.807) is 0 Å². The molecular formula is C17H26N2O. The van der Waals surface area contributed by atoms with Crippen LogP contribution in [0.2, 0.25) is 0 Å². The first-order valence-electron chi connectivity index (χ1n) is 7.67. The van der Waals surface area contributed by atoms with Gasteiger partial charge in [-0.3, -0.25) is 4.79 Å². The molecule has 1 aliphatic rings. The summed E-state index contributed by atoms with van der Waals surface area (Å²) in [5.74, 6) is 0.900. The smallest absolute Gasteiger partial charge is 0.227 e. The molecular weight excluding hydrogens is 248 g/mol. The third-order valence-electron chi connectivity index (χ3n) is 4.13. The topological polar surface area (TPSA) is 32.3 Å². The number of benzene rings is 1. The van der Waals surface area contributed by atoms with Crippen molar-refractivity contribution in [2.45, 2.75) is 33.7 Å². The van der Waals surface area contributed by atoms with Crippen LogP contribution in [-0.4, -0.2) is 30.4 Å². The van der Waals surface area contributed by atoms with Crippen molar-refractivity contribution in [3.05, 3.63) is 35.4 Å². The molecule has 3 nitrogen and oxygen atoms in total. The highest BCUT2D eigenvalue weighted by molar-refractivity contribution is 5.79. The number of nitrogens with zero attached hydrogens (tertiary/aromatic N) is 1. The van der Waals surface area contributed by atoms with Crippen LogP contribution in [0.4, 0.5) is 0 Å². The van der Waals surface area contributed by atoms with Gasteiger partial charge in [0.05, 0.1) is 5.92 Å². The maximum atomic E-state index is 12.7. The molecule has 0 saturated carbocycles. The van der Waals surface area contributed by atoms with E-state index in [1.807, 2.05) is 4.90 Å². The SMILES string of the molecule is CCCN(Cc1ccc(C)cc1)C(=O)[C@@H]1CNC[C@H]1C. The fraction of sp³-hybridized carbons (Fsp3) is 0.588. The number of hydrogen-bond donors (Lipinski definition) is 1. The Kier molecular flexibility index (Phi) is 5.18. The molecule has 2 rings (SSSR count). The summed E-state index contributed by atoms with van der Waals surface area (Å²) in [4.78, 5) is 14.7. The molecule has 20 heavy (non-hydrogen) atoms. The summed E-state index contributed by atoms with van der Waals surface area (Å²) in [5.41, 5.74) is 2.48. The van der Waals surface area contributed by atoms with Crippen molar-refractivity contribution in [2.75, 3.05) is 19.6 Å². The molecule has 1 aromatic carbocycles. The highest BCUT2D eigenvalue weighted by Crippen LogP contribution is 2.20. The Morgan fingerprint density at radius 2 is 2.00 bits per heavy atom. The van der Waals surface area contributed by atoms with Crippen LogP contribution < -0.4 is 5.32 Å². The molecule has 0 spiro atoms. The van der Waals surface area contributed by atoms with Crippen molar-refractivity contribution in [1.29, 1.82) is 0 Å². The Morgan fingerprint density at radius 1 is 1.30 bits per heavy atom. The molecule has 110 valence electrons. The summed E-state index contributed by atoms with van der Waals surface area (Å²) in [5, 5.41) is 3.32. The fourth-order valence-electron chi connectivity index (χ4n) is 2.83. The highest BCUT2D eigenvalue weighted by Gasteiger charge is 2.32. The number of carbonyl (C=O) groups excluding carboxylic acids is 1. The Hall–Kier alpha value is -1.35. The normalized spacial score (nSPS) is 21.9. The van der Waals surface area contributed by atoms with Gasteiger partial charge in [-0.1, -0.05) is 43.7 Å². The minimum Gasteiger partial charge on any atom is -0.338 e. The van der Waals surface area contributed by atoms with Crippen molar-refractivity contribution in [3.63, 3.8) is 0 Å². The average Bonchev–Trinajstić information content (AvgIpc) is 2.86. The molecule has 0 aromatic heterocycles. The van der Waals surface area contributed by atoms with Gasteiger partial charge >= 0.3 is 0 Å². The van der Waals surface area contributed by atoms with E-state index in [-0.39, 0.29) is 5.92 Å². The van der Waals surface area contributed by atoms with Crippen LogP contribution in [0.1, 0.15) is 31.4 Å². The van der Waals surface area contributed by atoms with Gasteiger partial charge in [0.2, 0.25) is 5.91 Å². The molecule has 0 radical (unpaired) electrons. The number of rotatable bonds is 5. The van der Waals surface area contributed by atoms with E-state index in [2.05, 4.69) is 50.4 Å². The molecule has 1 fully saturated rings. The van der Waals surface area contributed by atoms with Crippen LogP contribution in [0.15, 0.2) is 24.3 Å². The quantitative estimate of drug-likeness (QED) is 0.895. The lowest BCUT2D eigenvalue weighted by molar-refractivity contribution is -0.136. The maximum absolute atomic E-state index is 12.7. The van der Waals surface area contributed by atoms with E-state index in [0.717, 1.165) is 32.6 Å². The van der Waals surface area contributed by atoms with Crippen molar-refractivity contribution in [3.8, 4) is 0 Å². The number of hydrogen-bond acceptors (Lipinski definition) is 2. The first-order valence-corrected chi connectivity index (χ1v) is 7.67. The lowest BCUT2D eigenvalue weighted by Crippen LogP contribution is -2.38.